The molecule has 2 aromatic carbocycles. The fourth-order valence-corrected chi connectivity index (χ4v) is 3.30. The van der Waals surface area contributed by atoms with Crippen LogP contribution in [0.1, 0.15) is 30.9 Å². The third-order valence-corrected chi connectivity index (χ3v) is 4.75. The van der Waals surface area contributed by atoms with Crippen LogP contribution >= 0.6 is 0 Å². The van der Waals surface area contributed by atoms with Crippen LogP contribution in [-0.2, 0) is 6.54 Å². The van der Waals surface area contributed by atoms with Gasteiger partial charge >= 0.3 is 6.03 Å². The highest BCUT2D eigenvalue weighted by molar-refractivity contribution is 5.74. The predicted molar refractivity (Wildman–Crippen MR) is 103 cm³/mol. The SMILES string of the molecule is CC(C)c1ccccc1N1CCN(C(=O)NCc2ccccc2)CC1. The fourth-order valence-electron chi connectivity index (χ4n) is 3.30. The normalized spacial score (nSPS) is 14.7. The van der Waals surface area contributed by atoms with E-state index >= 15 is 0 Å². The molecule has 1 aliphatic heterocycles. The zero-order valence-electron chi connectivity index (χ0n) is 15.1. The second-order valence-corrected chi connectivity index (χ2v) is 6.83. The van der Waals surface area contributed by atoms with Gasteiger partial charge in [-0.05, 0) is 23.1 Å². The number of benzene rings is 2. The van der Waals surface area contributed by atoms with Crippen molar-refractivity contribution in [2.45, 2.75) is 26.3 Å². The Morgan fingerprint density at radius 2 is 1.60 bits per heavy atom. The summed E-state index contributed by atoms with van der Waals surface area (Å²) in [5.74, 6) is 0.503. The van der Waals surface area contributed by atoms with E-state index in [1.165, 1.54) is 11.3 Å². The van der Waals surface area contributed by atoms with Crippen molar-refractivity contribution in [1.29, 1.82) is 0 Å². The molecule has 0 aromatic heterocycles. The molecule has 132 valence electrons. The van der Waals surface area contributed by atoms with Gasteiger partial charge in [-0.2, -0.15) is 0 Å². The minimum absolute atomic E-state index is 0.0284. The maximum absolute atomic E-state index is 12.4. The monoisotopic (exact) mass is 337 g/mol. The lowest BCUT2D eigenvalue weighted by Crippen LogP contribution is -2.51. The Labute approximate surface area is 150 Å². The first-order valence-corrected chi connectivity index (χ1v) is 9.05. The third kappa shape index (κ3) is 4.32. The summed E-state index contributed by atoms with van der Waals surface area (Å²) in [7, 11) is 0. The smallest absolute Gasteiger partial charge is 0.317 e. The van der Waals surface area contributed by atoms with Crippen LogP contribution in [0.5, 0.6) is 0 Å². The number of carbonyl (C=O) groups excluding carboxylic acids is 1. The highest BCUT2D eigenvalue weighted by Gasteiger charge is 2.22. The highest BCUT2D eigenvalue weighted by atomic mass is 16.2. The number of para-hydroxylation sites is 1. The van der Waals surface area contributed by atoms with Crippen molar-refractivity contribution in [3.05, 3.63) is 65.7 Å². The van der Waals surface area contributed by atoms with E-state index in [9.17, 15) is 4.79 Å². The van der Waals surface area contributed by atoms with Gasteiger partial charge in [-0.25, -0.2) is 4.79 Å². The van der Waals surface area contributed by atoms with Crippen molar-refractivity contribution in [2.75, 3.05) is 31.1 Å². The average molecular weight is 337 g/mol. The molecule has 1 saturated heterocycles. The Bertz CT molecular complexity index is 691. The van der Waals surface area contributed by atoms with Gasteiger partial charge in [0.15, 0.2) is 0 Å². The average Bonchev–Trinajstić information content (AvgIpc) is 2.67. The summed E-state index contributed by atoms with van der Waals surface area (Å²) in [5.41, 5.74) is 3.81. The van der Waals surface area contributed by atoms with Crippen LogP contribution < -0.4 is 10.2 Å². The van der Waals surface area contributed by atoms with Gasteiger partial charge in [0.05, 0.1) is 0 Å². The number of nitrogens with zero attached hydrogens (tertiary/aromatic N) is 2. The van der Waals surface area contributed by atoms with Crippen molar-refractivity contribution in [1.82, 2.24) is 10.2 Å². The summed E-state index contributed by atoms with van der Waals surface area (Å²) in [6, 6.07) is 18.7. The Hall–Kier alpha value is -2.49. The number of hydrogen-bond donors (Lipinski definition) is 1. The summed E-state index contributed by atoms with van der Waals surface area (Å²) in [4.78, 5) is 16.7. The highest BCUT2D eigenvalue weighted by Crippen LogP contribution is 2.28. The van der Waals surface area contributed by atoms with Gasteiger partial charge in [0.25, 0.3) is 0 Å². The van der Waals surface area contributed by atoms with E-state index in [0.717, 1.165) is 31.7 Å². The lowest BCUT2D eigenvalue weighted by molar-refractivity contribution is 0.194. The standard InChI is InChI=1S/C21H27N3O/c1-17(2)19-10-6-7-11-20(19)23-12-14-24(15-13-23)21(25)22-16-18-8-4-3-5-9-18/h3-11,17H,12-16H2,1-2H3,(H,22,25). The predicted octanol–water partition coefficient (Wildman–Crippen LogP) is 3.84. The molecule has 1 N–H and O–H groups in total. The molecule has 0 spiro atoms. The Morgan fingerprint density at radius 1 is 0.960 bits per heavy atom. The summed E-state index contributed by atoms with van der Waals surface area (Å²) >= 11 is 0. The number of anilines is 1. The van der Waals surface area contributed by atoms with E-state index in [4.69, 9.17) is 0 Å². The molecule has 0 bridgehead atoms. The molecular formula is C21H27N3O. The number of rotatable bonds is 4. The third-order valence-electron chi connectivity index (χ3n) is 4.75. The van der Waals surface area contributed by atoms with Gasteiger partial charge in [-0.3, -0.25) is 0 Å². The molecule has 1 aliphatic rings. The number of urea groups is 1. The molecule has 1 fully saturated rings. The molecule has 4 heteroatoms. The van der Waals surface area contributed by atoms with Crippen molar-refractivity contribution in [3.63, 3.8) is 0 Å². The van der Waals surface area contributed by atoms with Crippen LogP contribution in [0.3, 0.4) is 0 Å². The number of hydrogen-bond acceptors (Lipinski definition) is 2. The van der Waals surface area contributed by atoms with E-state index < -0.39 is 0 Å². The second-order valence-electron chi connectivity index (χ2n) is 6.83. The zero-order chi connectivity index (χ0) is 17.6. The van der Waals surface area contributed by atoms with Gasteiger partial charge in [0.2, 0.25) is 0 Å². The van der Waals surface area contributed by atoms with Crippen LogP contribution in [-0.4, -0.2) is 37.1 Å². The molecule has 2 amide bonds. The molecule has 1 heterocycles. The molecule has 25 heavy (non-hydrogen) atoms. The number of amides is 2. The lowest BCUT2D eigenvalue weighted by atomic mass is 10.00. The molecule has 0 aliphatic carbocycles. The maximum Gasteiger partial charge on any atom is 0.317 e. The molecule has 3 rings (SSSR count). The van der Waals surface area contributed by atoms with E-state index in [0.29, 0.717) is 12.5 Å². The van der Waals surface area contributed by atoms with Crippen molar-refractivity contribution in [3.8, 4) is 0 Å². The first kappa shape index (κ1) is 17.3. The van der Waals surface area contributed by atoms with Crippen LogP contribution in [0.2, 0.25) is 0 Å². The molecule has 0 radical (unpaired) electrons. The van der Waals surface area contributed by atoms with Crippen LogP contribution in [0.4, 0.5) is 10.5 Å². The summed E-state index contributed by atoms with van der Waals surface area (Å²) in [6.45, 7) is 8.30. The Balaban J connectivity index is 1.54. The lowest BCUT2D eigenvalue weighted by Gasteiger charge is -2.37. The fraction of sp³-hybridized carbons (Fsp3) is 0.381. The molecule has 0 saturated carbocycles. The summed E-state index contributed by atoms with van der Waals surface area (Å²) < 4.78 is 0. The Morgan fingerprint density at radius 3 is 2.28 bits per heavy atom. The largest absolute Gasteiger partial charge is 0.368 e. The van der Waals surface area contributed by atoms with Gasteiger partial charge in [-0.1, -0.05) is 62.4 Å². The van der Waals surface area contributed by atoms with Crippen molar-refractivity contribution >= 4 is 11.7 Å². The summed E-state index contributed by atoms with van der Waals surface area (Å²) in [6.07, 6.45) is 0. The molecule has 0 unspecified atom stereocenters. The number of nitrogens with one attached hydrogen (secondary N) is 1. The van der Waals surface area contributed by atoms with E-state index in [-0.39, 0.29) is 6.03 Å². The van der Waals surface area contributed by atoms with Crippen LogP contribution in [0, 0.1) is 0 Å². The number of carbonyl (C=O) groups is 1. The van der Waals surface area contributed by atoms with Crippen molar-refractivity contribution < 1.29 is 4.79 Å². The summed E-state index contributed by atoms with van der Waals surface area (Å²) in [5, 5.41) is 3.02. The molecular weight excluding hydrogens is 310 g/mol. The molecule has 0 atom stereocenters. The number of piperazine rings is 1. The molecule has 2 aromatic rings. The van der Waals surface area contributed by atoms with Crippen LogP contribution in [0.15, 0.2) is 54.6 Å². The van der Waals surface area contributed by atoms with Gasteiger partial charge in [-0.15, -0.1) is 0 Å². The topological polar surface area (TPSA) is 35.6 Å². The van der Waals surface area contributed by atoms with Gasteiger partial charge < -0.3 is 15.1 Å². The van der Waals surface area contributed by atoms with E-state index in [1.807, 2.05) is 35.2 Å². The first-order chi connectivity index (χ1) is 12.1. The second kappa shape index (κ2) is 8.06. The van der Waals surface area contributed by atoms with Gasteiger partial charge in [0.1, 0.15) is 0 Å². The van der Waals surface area contributed by atoms with Crippen molar-refractivity contribution in [2.24, 2.45) is 0 Å². The molecule has 4 nitrogen and oxygen atoms in total. The quantitative estimate of drug-likeness (QED) is 0.920. The van der Waals surface area contributed by atoms with Crippen LogP contribution in [0.25, 0.3) is 0 Å². The minimum atomic E-state index is 0.0284. The van der Waals surface area contributed by atoms with E-state index in [1.54, 1.807) is 0 Å². The van der Waals surface area contributed by atoms with E-state index in [2.05, 4.69) is 48.3 Å². The first-order valence-electron chi connectivity index (χ1n) is 9.05. The maximum atomic E-state index is 12.4. The Kier molecular flexibility index (Phi) is 5.59. The minimum Gasteiger partial charge on any atom is -0.368 e. The zero-order valence-corrected chi connectivity index (χ0v) is 15.1. The van der Waals surface area contributed by atoms with Gasteiger partial charge in [0, 0.05) is 38.4 Å².